The summed E-state index contributed by atoms with van der Waals surface area (Å²) in [6.45, 7) is 8.05. The van der Waals surface area contributed by atoms with Gasteiger partial charge in [0.25, 0.3) is 5.91 Å². The van der Waals surface area contributed by atoms with Gasteiger partial charge in [-0.3, -0.25) is 4.79 Å². The molecule has 0 bridgehead atoms. The first-order valence-corrected chi connectivity index (χ1v) is 7.72. The largest absolute Gasteiger partial charge is 0.379 e. The number of rotatable bonds is 9. The highest BCUT2D eigenvalue weighted by atomic mass is 35.5. The lowest BCUT2D eigenvalue weighted by Crippen LogP contribution is -2.25. The number of hydrogen-bond acceptors (Lipinski definition) is 4. The number of nitrogens with one attached hydrogen (secondary N) is 2. The van der Waals surface area contributed by atoms with Crippen LogP contribution >= 0.6 is 11.6 Å². The highest BCUT2D eigenvalue weighted by Gasteiger charge is 2.08. The van der Waals surface area contributed by atoms with E-state index in [1.807, 2.05) is 20.8 Å². The molecule has 0 radical (unpaired) electrons. The molecule has 0 aliphatic heterocycles. The minimum Gasteiger partial charge on any atom is -0.379 e. The van der Waals surface area contributed by atoms with Gasteiger partial charge in [-0.15, -0.1) is 0 Å². The Morgan fingerprint density at radius 2 is 2.14 bits per heavy atom. The Balaban J connectivity index is 2.38. The second-order valence-corrected chi connectivity index (χ2v) is 5.36. The third kappa shape index (κ3) is 7.29. The third-order valence-electron chi connectivity index (χ3n) is 2.72. The first kappa shape index (κ1) is 17.7. The second kappa shape index (κ2) is 9.58. The maximum absolute atomic E-state index is 12.0. The molecule has 1 amide bonds. The molecule has 0 spiro atoms. The van der Waals surface area contributed by atoms with Crippen molar-refractivity contribution in [1.82, 2.24) is 10.3 Å². The number of carbonyl (C=O) groups is 1. The molecule has 5 nitrogen and oxygen atoms in total. The normalized spacial score (nSPS) is 10.7. The molecule has 0 aliphatic rings. The number of pyridine rings is 1. The van der Waals surface area contributed by atoms with Crippen molar-refractivity contribution in [2.45, 2.75) is 39.7 Å². The van der Waals surface area contributed by atoms with E-state index in [-0.39, 0.29) is 12.0 Å². The maximum Gasteiger partial charge on any atom is 0.251 e. The molecule has 0 saturated carbocycles. The molecule has 1 heterocycles. The zero-order valence-electron chi connectivity index (χ0n) is 12.9. The Hall–Kier alpha value is -1.33. The van der Waals surface area contributed by atoms with Crippen LogP contribution < -0.4 is 10.6 Å². The molecule has 118 valence electrons. The maximum atomic E-state index is 12.0. The average molecular weight is 314 g/mol. The van der Waals surface area contributed by atoms with Crippen LogP contribution in [0, 0.1) is 0 Å². The smallest absolute Gasteiger partial charge is 0.251 e. The molecule has 1 aromatic heterocycles. The van der Waals surface area contributed by atoms with Gasteiger partial charge < -0.3 is 15.4 Å². The topological polar surface area (TPSA) is 63.2 Å². The van der Waals surface area contributed by atoms with Crippen LogP contribution in [-0.4, -0.2) is 36.7 Å². The molecule has 0 unspecified atom stereocenters. The van der Waals surface area contributed by atoms with Gasteiger partial charge in [-0.1, -0.05) is 11.6 Å². The van der Waals surface area contributed by atoms with Gasteiger partial charge in [0.1, 0.15) is 11.0 Å². The van der Waals surface area contributed by atoms with Crippen LogP contribution in [0.5, 0.6) is 0 Å². The Bertz CT molecular complexity index is 453. The third-order valence-corrected chi connectivity index (χ3v) is 2.92. The van der Waals surface area contributed by atoms with Crippen LogP contribution in [0.15, 0.2) is 12.1 Å². The summed E-state index contributed by atoms with van der Waals surface area (Å²) in [5.41, 5.74) is 0.518. The van der Waals surface area contributed by atoms with E-state index in [1.54, 1.807) is 12.1 Å². The van der Waals surface area contributed by atoms with Crippen molar-refractivity contribution in [3.63, 3.8) is 0 Å². The van der Waals surface area contributed by atoms with Crippen LogP contribution in [0.1, 0.15) is 44.0 Å². The zero-order chi connectivity index (χ0) is 15.7. The summed E-state index contributed by atoms with van der Waals surface area (Å²) in [6, 6.07) is 3.27. The molecule has 1 aromatic rings. The Morgan fingerprint density at radius 1 is 1.38 bits per heavy atom. The molecule has 0 aliphatic carbocycles. The van der Waals surface area contributed by atoms with Crippen LogP contribution in [0.3, 0.4) is 0 Å². The molecular weight excluding hydrogens is 290 g/mol. The predicted molar refractivity (Wildman–Crippen MR) is 86.1 cm³/mol. The molecule has 0 aromatic carbocycles. The zero-order valence-corrected chi connectivity index (χ0v) is 13.7. The number of unbranched alkanes of at least 4 members (excludes halogenated alkanes) is 1. The lowest BCUT2D eigenvalue weighted by molar-refractivity contribution is 0.0754. The summed E-state index contributed by atoms with van der Waals surface area (Å²) in [5, 5.41) is 6.23. The standard InChI is InChI=1S/C15H24ClN3O2/c1-4-17-14-10-12(9-13(16)19-14)15(20)18-7-5-6-8-21-11(2)3/h9-11H,4-8H2,1-3H3,(H,17,19)(H,18,20). The molecule has 0 saturated heterocycles. The van der Waals surface area contributed by atoms with E-state index >= 15 is 0 Å². The van der Waals surface area contributed by atoms with Gasteiger partial charge in [0.05, 0.1) is 6.10 Å². The van der Waals surface area contributed by atoms with Crippen LogP contribution in [0.4, 0.5) is 5.82 Å². The number of nitrogens with zero attached hydrogens (tertiary/aromatic N) is 1. The summed E-state index contributed by atoms with van der Waals surface area (Å²) < 4.78 is 5.45. The lowest BCUT2D eigenvalue weighted by atomic mass is 10.2. The summed E-state index contributed by atoms with van der Waals surface area (Å²) in [7, 11) is 0. The lowest BCUT2D eigenvalue weighted by Gasteiger charge is -2.09. The quantitative estimate of drug-likeness (QED) is 0.543. The molecule has 1 rings (SSSR count). The molecule has 21 heavy (non-hydrogen) atoms. The van der Waals surface area contributed by atoms with Crippen molar-refractivity contribution in [3.8, 4) is 0 Å². The second-order valence-electron chi connectivity index (χ2n) is 4.98. The van der Waals surface area contributed by atoms with E-state index in [1.165, 1.54) is 0 Å². The fourth-order valence-corrected chi connectivity index (χ4v) is 1.96. The fourth-order valence-electron chi connectivity index (χ4n) is 1.75. The van der Waals surface area contributed by atoms with Gasteiger partial charge in [0.15, 0.2) is 0 Å². The van der Waals surface area contributed by atoms with Crippen molar-refractivity contribution in [2.24, 2.45) is 0 Å². The first-order chi connectivity index (χ1) is 10.0. The number of hydrogen-bond donors (Lipinski definition) is 2. The SMILES string of the molecule is CCNc1cc(C(=O)NCCCCOC(C)C)cc(Cl)n1. The number of anilines is 1. The summed E-state index contributed by atoms with van der Waals surface area (Å²) in [6.07, 6.45) is 2.07. The van der Waals surface area contributed by atoms with Gasteiger partial charge in [-0.2, -0.15) is 0 Å². The van der Waals surface area contributed by atoms with E-state index in [2.05, 4.69) is 15.6 Å². The summed E-state index contributed by atoms with van der Waals surface area (Å²) >= 11 is 5.91. The van der Waals surface area contributed by atoms with E-state index in [4.69, 9.17) is 16.3 Å². The van der Waals surface area contributed by atoms with E-state index in [0.717, 1.165) is 26.0 Å². The van der Waals surface area contributed by atoms with E-state index in [0.29, 0.717) is 23.1 Å². The van der Waals surface area contributed by atoms with Crippen LogP contribution in [0.25, 0.3) is 0 Å². The molecule has 6 heteroatoms. The number of amides is 1. The van der Waals surface area contributed by atoms with Crippen molar-refractivity contribution in [1.29, 1.82) is 0 Å². The highest BCUT2D eigenvalue weighted by Crippen LogP contribution is 2.14. The number of ether oxygens (including phenoxy) is 1. The van der Waals surface area contributed by atoms with Crippen molar-refractivity contribution in [3.05, 3.63) is 22.8 Å². The van der Waals surface area contributed by atoms with Crippen molar-refractivity contribution >= 4 is 23.3 Å². The van der Waals surface area contributed by atoms with Gasteiger partial charge in [0, 0.05) is 25.3 Å². The Morgan fingerprint density at radius 3 is 2.81 bits per heavy atom. The predicted octanol–water partition coefficient (Wildman–Crippen LogP) is 3.10. The van der Waals surface area contributed by atoms with E-state index in [9.17, 15) is 4.79 Å². The van der Waals surface area contributed by atoms with Gasteiger partial charge in [-0.25, -0.2) is 4.98 Å². The summed E-state index contributed by atoms with van der Waals surface area (Å²) in [4.78, 5) is 16.1. The Kier molecular flexibility index (Phi) is 8.08. The molecule has 0 fully saturated rings. The fraction of sp³-hybridized carbons (Fsp3) is 0.600. The van der Waals surface area contributed by atoms with Crippen molar-refractivity contribution < 1.29 is 9.53 Å². The van der Waals surface area contributed by atoms with Gasteiger partial charge in [0.2, 0.25) is 0 Å². The van der Waals surface area contributed by atoms with Gasteiger partial charge in [-0.05, 0) is 45.7 Å². The summed E-state index contributed by atoms with van der Waals surface area (Å²) in [5.74, 6) is 0.476. The minimum absolute atomic E-state index is 0.136. The first-order valence-electron chi connectivity index (χ1n) is 7.34. The highest BCUT2D eigenvalue weighted by molar-refractivity contribution is 6.29. The minimum atomic E-state index is -0.136. The molecular formula is C15H24ClN3O2. The number of aromatic nitrogens is 1. The van der Waals surface area contributed by atoms with E-state index < -0.39 is 0 Å². The van der Waals surface area contributed by atoms with Crippen molar-refractivity contribution in [2.75, 3.05) is 25.0 Å². The Labute approximate surface area is 131 Å². The van der Waals surface area contributed by atoms with Crippen LogP contribution in [-0.2, 0) is 4.74 Å². The monoisotopic (exact) mass is 313 g/mol. The van der Waals surface area contributed by atoms with Crippen LogP contribution in [0.2, 0.25) is 5.15 Å². The average Bonchev–Trinajstić information content (AvgIpc) is 2.41. The number of carbonyl (C=O) groups excluding carboxylic acids is 1. The van der Waals surface area contributed by atoms with Gasteiger partial charge >= 0.3 is 0 Å². The molecule has 0 atom stereocenters. The molecule has 2 N–H and O–H groups in total. The number of halogens is 1.